The highest BCUT2D eigenvalue weighted by atomic mass is 19.1. The molecule has 0 bridgehead atoms. The Bertz CT molecular complexity index is 402. The highest BCUT2D eigenvalue weighted by molar-refractivity contribution is 5.56. The van der Waals surface area contributed by atoms with Gasteiger partial charge in [-0.1, -0.05) is 0 Å². The molecular weight excluding hydrogens is 213 g/mol. The Hall–Kier alpha value is -1.33. The predicted molar refractivity (Wildman–Crippen MR) is 55.7 cm³/mol. The number of benzene rings is 1. The molecule has 1 aromatic rings. The lowest BCUT2D eigenvalue weighted by molar-refractivity contribution is 0.151. The number of nitrogens with one attached hydrogen (secondary N) is 1. The van der Waals surface area contributed by atoms with Gasteiger partial charge in [-0.3, -0.25) is 0 Å². The zero-order valence-corrected chi connectivity index (χ0v) is 8.48. The topological polar surface area (TPSA) is 56.8 Å². The summed E-state index contributed by atoms with van der Waals surface area (Å²) < 4.78 is 23.9. The Balaban J connectivity index is 1.74. The molecule has 2 unspecified atom stereocenters. The minimum atomic E-state index is -0.409. The molecule has 5 heteroatoms. The van der Waals surface area contributed by atoms with Gasteiger partial charge < -0.3 is 20.2 Å². The fraction of sp³-hybridized carbons (Fsp3) is 0.455. The Morgan fingerprint density at radius 1 is 1.38 bits per heavy atom. The van der Waals surface area contributed by atoms with Crippen LogP contribution in [0.5, 0.6) is 5.75 Å². The largest absolute Gasteiger partial charge is 0.761 e. The summed E-state index contributed by atoms with van der Waals surface area (Å²) in [6.45, 7) is 0. The van der Waals surface area contributed by atoms with E-state index in [2.05, 4.69) is 0 Å². The number of anilines is 1. The Kier molecular flexibility index (Phi) is 2.22. The number of rotatable bonds is 3. The quantitative estimate of drug-likeness (QED) is 0.630. The van der Waals surface area contributed by atoms with Gasteiger partial charge >= 0.3 is 0 Å². The van der Waals surface area contributed by atoms with Crippen molar-refractivity contribution in [3.8, 4) is 5.75 Å². The van der Waals surface area contributed by atoms with E-state index >= 15 is 0 Å². The highest BCUT2D eigenvalue weighted by Gasteiger charge is 2.49. The first-order valence-corrected chi connectivity index (χ1v) is 5.26. The normalized spacial score (nSPS) is 31.0. The molecule has 1 aliphatic carbocycles. The molecule has 1 aliphatic heterocycles. The first kappa shape index (κ1) is 9.86. The van der Waals surface area contributed by atoms with Crippen LogP contribution in [0.4, 0.5) is 10.1 Å². The standard InChI is InChI=1S/C11H11FNO3/c12-6-1-2-8(13-14)9(3-6)15-7-4-10-11(5-7)16-10/h1-3,7,10-11,13H,4-5H2/q-1. The molecule has 0 radical (unpaired) electrons. The van der Waals surface area contributed by atoms with E-state index < -0.39 is 5.82 Å². The van der Waals surface area contributed by atoms with Crippen molar-refractivity contribution >= 4 is 5.69 Å². The molecule has 1 saturated carbocycles. The van der Waals surface area contributed by atoms with Crippen molar-refractivity contribution in [2.75, 3.05) is 5.48 Å². The lowest BCUT2D eigenvalue weighted by Crippen LogP contribution is -2.15. The second kappa shape index (κ2) is 3.61. The van der Waals surface area contributed by atoms with Crippen LogP contribution >= 0.6 is 0 Å². The summed E-state index contributed by atoms with van der Waals surface area (Å²) in [4.78, 5) is 0. The Morgan fingerprint density at radius 2 is 2.12 bits per heavy atom. The third-order valence-electron chi connectivity index (χ3n) is 3.03. The van der Waals surface area contributed by atoms with Crippen LogP contribution in [0.25, 0.3) is 0 Å². The minimum absolute atomic E-state index is 0.0256. The number of epoxide rings is 1. The fourth-order valence-electron chi connectivity index (χ4n) is 2.16. The summed E-state index contributed by atoms with van der Waals surface area (Å²) in [5, 5.41) is 10.6. The van der Waals surface area contributed by atoms with Crippen molar-refractivity contribution in [3.05, 3.63) is 29.2 Å². The van der Waals surface area contributed by atoms with Gasteiger partial charge in [0.15, 0.2) is 0 Å². The van der Waals surface area contributed by atoms with E-state index in [1.54, 1.807) is 5.48 Å². The first-order valence-electron chi connectivity index (χ1n) is 5.26. The number of hydrogen-bond acceptors (Lipinski definition) is 4. The number of fused-ring (bicyclic) bond motifs is 1. The van der Waals surface area contributed by atoms with Crippen LogP contribution in [0.1, 0.15) is 12.8 Å². The predicted octanol–water partition coefficient (Wildman–Crippen LogP) is 2.04. The molecule has 16 heavy (non-hydrogen) atoms. The molecule has 1 N–H and O–H groups in total. The molecule has 0 aromatic heterocycles. The van der Waals surface area contributed by atoms with Crippen LogP contribution in [0, 0.1) is 11.0 Å². The monoisotopic (exact) mass is 224 g/mol. The molecule has 2 fully saturated rings. The summed E-state index contributed by atoms with van der Waals surface area (Å²) in [5.41, 5.74) is 2.01. The summed E-state index contributed by atoms with van der Waals surface area (Å²) in [6, 6.07) is 3.83. The van der Waals surface area contributed by atoms with Gasteiger partial charge in [0.1, 0.15) is 17.7 Å². The molecule has 0 amide bonds. The molecule has 86 valence electrons. The smallest absolute Gasteiger partial charge is 0.144 e. The minimum Gasteiger partial charge on any atom is -0.761 e. The van der Waals surface area contributed by atoms with Gasteiger partial charge in [-0.2, -0.15) is 0 Å². The van der Waals surface area contributed by atoms with E-state index in [1.165, 1.54) is 18.2 Å². The maximum atomic E-state index is 13.0. The second-order valence-corrected chi connectivity index (χ2v) is 4.17. The van der Waals surface area contributed by atoms with Gasteiger partial charge in [0.05, 0.1) is 17.9 Å². The third kappa shape index (κ3) is 1.72. The van der Waals surface area contributed by atoms with Crippen molar-refractivity contribution in [1.82, 2.24) is 0 Å². The van der Waals surface area contributed by atoms with E-state index in [1.807, 2.05) is 0 Å². The summed E-state index contributed by atoms with van der Waals surface area (Å²) in [7, 11) is 0. The number of ether oxygens (including phenoxy) is 2. The zero-order valence-electron chi connectivity index (χ0n) is 8.48. The summed E-state index contributed by atoms with van der Waals surface area (Å²) in [5.74, 6) is -0.130. The van der Waals surface area contributed by atoms with E-state index in [4.69, 9.17) is 9.47 Å². The van der Waals surface area contributed by atoms with Gasteiger partial charge in [-0.25, -0.2) is 4.39 Å². The summed E-state index contributed by atoms with van der Waals surface area (Å²) in [6.07, 6.45) is 2.28. The number of hydrogen-bond donors (Lipinski definition) is 1. The SMILES string of the molecule is [O-]Nc1ccc(F)cc1OC1CC2OC2C1. The molecule has 1 heterocycles. The molecule has 3 rings (SSSR count). The average molecular weight is 224 g/mol. The van der Waals surface area contributed by atoms with Gasteiger partial charge in [0, 0.05) is 18.9 Å². The molecule has 1 aromatic carbocycles. The van der Waals surface area contributed by atoms with Crippen LogP contribution in [-0.2, 0) is 4.74 Å². The van der Waals surface area contributed by atoms with Crippen LogP contribution in [0.2, 0.25) is 0 Å². The van der Waals surface area contributed by atoms with Crippen LogP contribution in [0.3, 0.4) is 0 Å². The van der Waals surface area contributed by atoms with Gasteiger partial charge in [-0.05, 0) is 12.1 Å². The molecule has 4 nitrogen and oxygen atoms in total. The van der Waals surface area contributed by atoms with Crippen molar-refractivity contribution in [2.24, 2.45) is 0 Å². The van der Waals surface area contributed by atoms with Crippen LogP contribution < -0.4 is 10.2 Å². The van der Waals surface area contributed by atoms with E-state index in [9.17, 15) is 9.60 Å². The fourth-order valence-corrected chi connectivity index (χ4v) is 2.16. The molecule has 1 saturated heterocycles. The van der Waals surface area contributed by atoms with Gasteiger partial charge in [0.2, 0.25) is 0 Å². The Morgan fingerprint density at radius 3 is 2.81 bits per heavy atom. The zero-order chi connectivity index (χ0) is 11.1. The third-order valence-corrected chi connectivity index (χ3v) is 3.03. The lowest BCUT2D eigenvalue weighted by Gasteiger charge is -2.20. The van der Waals surface area contributed by atoms with Crippen molar-refractivity contribution in [2.45, 2.75) is 31.2 Å². The average Bonchev–Trinajstić information content (AvgIpc) is 2.87. The molecular formula is C11H11FNO3-. The molecule has 0 spiro atoms. The van der Waals surface area contributed by atoms with E-state index in [0.717, 1.165) is 12.8 Å². The molecule has 2 atom stereocenters. The van der Waals surface area contributed by atoms with E-state index in [0.29, 0.717) is 12.2 Å². The first-order chi connectivity index (χ1) is 7.76. The van der Waals surface area contributed by atoms with Gasteiger partial charge in [0.25, 0.3) is 0 Å². The van der Waals surface area contributed by atoms with E-state index in [-0.39, 0.29) is 17.5 Å². The van der Waals surface area contributed by atoms with Gasteiger partial charge in [-0.15, -0.1) is 0 Å². The highest BCUT2D eigenvalue weighted by Crippen LogP contribution is 2.41. The van der Waals surface area contributed by atoms with Crippen molar-refractivity contribution in [3.63, 3.8) is 0 Å². The van der Waals surface area contributed by atoms with Crippen molar-refractivity contribution < 1.29 is 13.9 Å². The maximum absolute atomic E-state index is 13.0. The van der Waals surface area contributed by atoms with Crippen LogP contribution in [0.15, 0.2) is 18.2 Å². The second-order valence-electron chi connectivity index (χ2n) is 4.17. The molecule has 2 aliphatic rings. The Labute approximate surface area is 91.9 Å². The lowest BCUT2D eigenvalue weighted by atomic mass is 10.2. The number of halogens is 1. The maximum Gasteiger partial charge on any atom is 0.144 e. The van der Waals surface area contributed by atoms with Crippen molar-refractivity contribution in [1.29, 1.82) is 0 Å². The summed E-state index contributed by atoms with van der Waals surface area (Å²) >= 11 is 0. The van der Waals surface area contributed by atoms with Crippen LogP contribution in [-0.4, -0.2) is 18.3 Å².